The van der Waals surface area contributed by atoms with Gasteiger partial charge >= 0.3 is 0 Å². The number of fused-ring (bicyclic) bond motifs is 1. The molecule has 0 radical (unpaired) electrons. The van der Waals surface area contributed by atoms with Gasteiger partial charge in [0.25, 0.3) is 0 Å². The monoisotopic (exact) mass is 411 g/mol. The molecule has 0 aliphatic carbocycles. The molecule has 0 spiro atoms. The number of rotatable bonds is 6. The van der Waals surface area contributed by atoms with E-state index in [1.54, 1.807) is 0 Å². The van der Waals surface area contributed by atoms with E-state index in [0.717, 1.165) is 22.6 Å². The quantitative estimate of drug-likeness (QED) is 0.422. The highest BCUT2D eigenvalue weighted by molar-refractivity contribution is 5.78. The van der Waals surface area contributed by atoms with Crippen LogP contribution in [0.2, 0.25) is 0 Å². The molecule has 1 aliphatic rings. The second kappa shape index (κ2) is 8.23. The van der Waals surface area contributed by atoms with Crippen LogP contribution in [0.1, 0.15) is 17.2 Å². The molecule has 3 aromatic carbocycles. The van der Waals surface area contributed by atoms with Gasteiger partial charge in [0.1, 0.15) is 12.0 Å². The zero-order valence-corrected chi connectivity index (χ0v) is 16.7. The van der Waals surface area contributed by atoms with Crippen molar-refractivity contribution in [1.82, 2.24) is 9.97 Å². The van der Waals surface area contributed by atoms with E-state index in [0.29, 0.717) is 23.1 Å². The number of aromatic nitrogens is 2. The van der Waals surface area contributed by atoms with E-state index < -0.39 is 0 Å². The molecule has 0 atom stereocenters. The topological polar surface area (TPSA) is 94.3 Å². The molecular weight excluding hydrogens is 390 g/mol. The minimum atomic E-state index is -0.113. The SMILES string of the molecule is Nc1c(Nc2ccc3c(c2)OCO3)ncnc1NC(c1ccccc1)c1ccccc1. The number of anilines is 4. The molecule has 0 saturated heterocycles. The van der Waals surface area contributed by atoms with E-state index in [1.165, 1.54) is 6.33 Å². The predicted octanol–water partition coefficient (Wildman–Crippen LogP) is 4.73. The summed E-state index contributed by atoms with van der Waals surface area (Å²) in [5.74, 6) is 2.47. The maximum Gasteiger partial charge on any atom is 0.231 e. The number of hydrogen-bond donors (Lipinski definition) is 3. The minimum Gasteiger partial charge on any atom is -0.454 e. The van der Waals surface area contributed by atoms with Crippen LogP contribution < -0.4 is 25.8 Å². The molecule has 0 amide bonds. The second-order valence-electron chi connectivity index (χ2n) is 7.08. The largest absolute Gasteiger partial charge is 0.454 e. The maximum atomic E-state index is 6.44. The first-order valence-corrected chi connectivity index (χ1v) is 9.91. The van der Waals surface area contributed by atoms with Crippen LogP contribution >= 0.6 is 0 Å². The standard InChI is InChI=1S/C24H21N5O2/c25-21-23(28-18-11-12-19-20(13-18)31-15-30-19)26-14-27-24(21)29-22(16-7-3-1-4-8-16)17-9-5-2-6-10-17/h1-14,22H,15,25H2,(H2,26,27,28,29). The van der Waals surface area contributed by atoms with E-state index in [1.807, 2.05) is 54.6 Å². The van der Waals surface area contributed by atoms with Gasteiger partial charge in [0.15, 0.2) is 23.1 Å². The predicted molar refractivity (Wildman–Crippen MR) is 121 cm³/mol. The van der Waals surface area contributed by atoms with Crippen LogP contribution in [0.25, 0.3) is 0 Å². The Balaban J connectivity index is 1.44. The summed E-state index contributed by atoms with van der Waals surface area (Å²) in [6, 6.07) is 25.9. The van der Waals surface area contributed by atoms with Crippen molar-refractivity contribution in [3.63, 3.8) is 0 Å². The summed E-state index contributed by atoms with van der Waals surface area (Å²) in [6.07, 6.45) is 1.49. The number of benzene rings is 3. The van der Waals surface area contributed by atoms with E-state index in [4.69, 9.17) is 15.2 Å². The van der Waals surface area contributed by atoms with Crippen LogP contribution in [0, 0.1) is 0 Å². The van der Waals surface area contributed by atoms with Crippen LogP contribution in [-0.2, 0) is 0 Å². The van der Waals surface area contributed by atoms with Gasteiger partial charge in [0.2, 0.25) is 6.79 Å². The van der Waals surface area contributed by atoms with Gasteiger partial charge in [-0.3, -0.25) is 0 Å². The van der Waals surface area contributed by atoms with E-state index in [9.17, 15) is 0 Å². The minimum absolute atomic E-state index is 0.113. The van der Waals surface area contributed by atoms with Gasteiger partial charge < -0.3 is 25.8 Å². The van der Waals surface area contributed by atoms with E-state index in [2.05, 4.69) is 44.9 Å². The fourth-order valence-electron chi connectivity index (χ4n) is 3.51. The Labute approximate surface area is 179 Å². The first-order chi connectivity index (χ1) is 15.3. The van der Waals surface area contributed by atoms with Gasteiger partial charge in [0, 0.05) is 11.8 Å². The molecule has 7 heteroatoms. The lowest BCUT2D eigenvalue weighted by atomic mass is 9.99. The summed E-state index contributed by atoms with van der Waals surface area (Å²) in [4.78, 5) is 8.72. The van der Waals surface area contributed by atoms with Gasteiger partial charge in [-0.15, -0.1) is 0 Å². The molecule has 7 nitrogen and oxygen atoms in total. The molecule has 0 unspecified atom stereocenters. The van der Waals surface area contributed by atoms with Crippen molar-refractivity contribution >= 4 is 23.0 Å². The molecule has 1 aromatic heterocycles. The third-order valence-corrected chi connectivity index (χ3v) is 5.07. The Morgan fingerprint density at radius 3 is 2.13 bits per heavy atom. The lowest BCUT2D eigenvalue weighted by Crippen LogP contribution is -2.15. The third-order valence-electron chi connectivity index (χ3n) is 5.07. The maximum absolute atomic E-state index is 6.44. The number of ether oxygens (including phenoxy) is 2. The van der Waals surface area contributed by atoms with Crippen LogP contribution in [0.4, 0.5) is 23.0 Å². The number of nitrogens with two attached hydrogens (primary N) is 1. The molecular formula is C24H21N5O2. The zero-order valence-electron chi connectivity index (χ0n) is 16.7. The lowest BCUT2D eigenvalue weighted by molar-refractivity contribution is 0.174. The Morgan fingerprint density at radius 2 is 1.42 bits per heavy atom. The molecule has 154 valence electrons. The Bertz CT molecular complexity index is 1150. The molecule has 2 heterocycles. The van der Waals surface area contributed by atoms with Gasteiger partial charge in [-0.25, -0.2) is 9.97 Å². The highest BCUT2D eigenvalue weighted by Crippen LogP contribution is 2.36. The van der Waals surface area contributed by atoms with E-state index in [-0.39, 0.29) is 12.8 Å². The lowest BCUT2D eigenvalue weighted by Gasteiger charge is -2.22. The second-order valence-corrected chi connectivity index (χ2v) is 7.08. The fourth-order valence-corrected chi connectivity index (χ4v) is 3.51. The summed E-state index contributed by atoms with van der Waals surface area (Å²) < 4.78 is 10.8. The van der Waals surface area contributed by atoms with Gasteiger partial charge in [-0.1, -0.05) is 60.7 Å². The van der Waals surface area contributed by atoms with Crippen molar-refractivity contribution in [2.45, 2.75) is 6.04 Å². The Kier molecular flexibility index (Phi) is 4.98. The summed E-state index contributed by atoms with van der Waals surface area (Å²) in [7, 11) is 0. The molecule has 0 bridgehead atoms. The van der Waals surface area contributed by atoms with Crippen molar-refractivity contribution in [2.24, 2.45) is 0 Å². The number of hydrogen-bond acceptors (Lipinski definition) is 7. The number of nitrogen functional groups attached to an aromatic ring is 1. The van der Waals surface area contributed by atoms with Crippen molar-refractivity contribution < 1.29 is 9.47 Å². The molecule has 4 N–H and O–H groups in total. The van der Waals surface area contributed by atoms with Gasteiger partial charge in [-0.2, -0.15) is 0 Å². The summed E-state index contributed by atoms with van der Waals surface area (Å²) in [5.41, 5.74) is 9.88. The molecule has 0 saturated carbocycles. The third kappa shape index (κ3) is 3.93. The fraction of sp³-hybridized carbons (Fsp3) is 0.0833. The van der Waals surface area contributed by atoms with Crippen LogP contribution in [0.3, 0.4) is 0 Å². The molecule has 0 fully saturated rings. The average molecular weight is 411 g/mol. The number of nitrogens with zero attached hydrogens (tertiary/aromatic N) is 2. The normalized spacial score (nSPS) is 12.0. The number of nitrogens with one attached hydrogen (secondary N) is 2. The van der Waals surface area contributed by atoms with Crippen molar-refractivity contribution in [2.75, 3.05) is 23.2 Å². The summed E-state index contributed by atoms with van der Waals surface area (Å²) in [6.45, 7) is 0.225. The van der Waals surface area contributed by atoms with Gasteiger partial charge in [-0.05, 0) is 23.3 Å². The highest BCUT2D eigenvalue weighted by Gasteiger charge is 2.18. The molecule has 4 aromatic rings. The summed E-state index contributed by atoms with van der Waals surface area (Å²) >= 11 is 0. The Morgan fingerprint density at radius 1 is 0.774 bits per heavy atom. The van der Waals surface area contributed by atoms with Gasteiger partial charge in [0.05, 0.1) is 6.04 Å². The first-order valence-electron chi connectivity index (χ1n) is 9.91. The molecule has 1 aliphatic heterocycles. The summed E-state index contributed by atoms with van der Waals surface area (Å²) in [5, 5.41) is 6.73. The molecule has 31 heavy (non-hydrogen) atoms. The van der Waals surface area contributed by atoms with Crippen molar-refractivity contribution in [3.8, 4) is 11.5 Å². The first kappa shape index (κ1) is 18.7. The van der Waals surface area contributed by atoms with Crippen LogP contribution in [0.15, 0.2) is 85.2 Å². The smallest absolute Gasteiger partial charge is 0.231 e. The van der Waals surface area contributed by atoms with Crippen molar-refractivity contribution in [1.29, 1.82) is 0 Å². The van der Waals surface area contributed by atoms with Crippen molar-refractivity contribution in [3.05, 3.63) is 96.3 Å². The Hall–Kier alpha value is -4.26. The molecule has 5 rings (SSSR count). The average Bonchev–Trinajstić information content (AvgIpc) is 3.29. The van der Waals surface area contributed by atoms with E-state index >= 15 is 0 Å². The zero-order chi connectivity index (χ0) is 21.0. The highest BCUT2D eigenvalue weighted by atomic mass is 16.7. The van der Waals surface area contributed by atoms with Crippen LogP contribution in [0.5, 0.6) is 11.5 Å². The van der Waals surface area contributed by atoms with Crippen LogP contribution in [-0.4, -0.2) is 16.8 Å².